The lowest BCUT2D eigenvalue weighted by Crippen LogP contribution is -2.27. The molecule has 0 aliphatic carbocycles. The van der Waals surface area contributed by atoms with Gasteiger partial charge in [-0.25, -0.2) is 4.98 Å². The standard InChI is InChI=1S/C18H20BrN3O3S2/c1-11-9-14-16(27-11)17(24)22(7-8-25-2)18(21-14)26-10-15(23)20-13-5-3-12(19)4-6-13/h3-6,11H,7-10H2,1-2H3,(H,20,23). The van der Waals surface area contributed by atoms with Gasteiger partial charge in [0.1, 0.15) is 0 Å². The third kappa shape index (κ3) is 5.16. The number of ether oxygens (including phenoxy) is 1. The summed E-state index contributed by atoms with van der Waals surface area (Å²) in [5.74, 6) is 0.0369. The maximum absolute atomic E-state index is 12.8. The van der Waals surface area contributed by atoms with Gasteiger partial charge < -0.3 is 10.1 Å². The third-order valence-corrected chi connectivity index (χ3v) is 6.66. The third-order valence-electron chi connectivity index (χ3n) is 3.94. The van der Waals surface area contributed by atoms with Crippen LogP contribution in [0.15, 0.2) is 43.6 Å². The van der Waals surface area contributed by atoms with E-state index in [-0.39, 0.29) is 17.2 Å². The molecule has 9 heteroatoms. The minimum Gasteiger partial charge on any atom is -0.383 e. The van der Waals surface area contributed by atoms with Crippen molar-refractivity contribution in [3.8, 4) is 0 Å². The molecule has 0 bridgehead atoms. The zero-order valence-electron chi connectivity index (χ0n) is 15.0. The number of aromatic nitrogens is 2. The van der Waals surface area contributed by atoms with Crippen molar-refractivity contribution >= 4 is 51.0 Å². The van der Waals surface area contributed by atoms with Crippen LogP contribution in [0.2, 0.25) is 0 Å². The Morgan fingerprint density at radius 1 is 1.44 bits per heavy atom. The predicted octanol–water partition coefficient (Wildman–Crippen LogP) is 3.42. The van der Waals surface area contributed by atoms with Crippen LogP contribution < -0.4 is 10.9 Å². The Labute approximate surface area is 174 Å². The van der Waals surface area contributed by atoms with E-state index in [0.717, 1.165) is 27.2 Å². The highest BCUT2D eigenvalue weighted by molar-refractivity contribution is 9.10. The quantitative estimate of drug-likeness (QED) is 0.494. The van der Waals surface area contributed by atoms with Crippen molar-refractivity contribution in [2.24, 2.45) is 0 Å². The minimum atomic E-state index is -0.141. The van der Waals surface area contributed by atoms with E-state index in [1.54, 1.807) is 23.4 Å². The fourth-order valence-corrected chi connectivity index (χ4v) is 4.90. The molecule has 1 aromatic heterocycles. The van der Waals surface area contributed by atoms with Crippen LogP contribution >= 0.6 is 39.5 Å². The van der Waals surface area contributed by atoms with Crippen molar-refractivity contribution in [2.75, 3.05) is 24.8 Å². The van der Waals surface area contributed by atoms with Crippen LogP contribution in [-0.4, -0.2) is 40.2 Å². The van der Waals surface area contributed by atoms with Gasteiger partial charge in [0.25, 0.3) is 5.56 Å². The van der Waals surface area contributed by atoms with Gasteiger partial charge in [0.15, 0.2) is 5.16 Å². The average molecular weight is 470 g/mol. The number of rotatable bonds is 7. The fourth-order valence-electron chi connectivity index (χ4n) is 2.68. The number of benzene rings is 1. The van der Waals surface area contributed by atoms with Crippen LogP contribution in [0.3, 0.4) is 0 Å². The first-order chi connectivity index (χ1) is 13.0. The molecule has 1 N–H and O–H groups in total. The predicted molar refractivity (Wildman–Crippen MR) is 113 cm³/mol. The molecular formula is C18H20BrN3O3S2. The second-order valence-electron chi connectivity index (χ2n) is 6.10. The van der Waals surface area contributed by atoms with Gasteiger partial charge in [-0.3, -0.25) is 14.2 Å². The number of carbonyl (C=O) groups excluding carboxylic acids is 1. The Morgan fingerprint density at radius 2 is 2.19 bits per heavy atom. The molecule has 1 amide bonds. The number of hydrogen-bond acceptors (Lipinski definition) is 6. The number of amides is 1. The smallest absolute Gasteiger partial charge is 0.268 e. The molecule has 0 fully saturated rings. The maximum Gasteiger partial charge on any atom is 0.268 e. The zero-order chi connectivity index (χ0) is 19.4. The molecule has 1 atom stereocenters. The second kappa shape index (κ2) is 9.27. The van der Waals surface area contributed by atoms with E-state index >= 15 is 0 Å². The Hall–Kier alpha value is -1.29. The van der Waals surface area contributed by atoms with Crippen molar-refractivity contribution in [1.82, 2.24) is 9.55 Å². The molecule has 6 nitrogen and oxygen atoms in total. The Bertz CT molecular complexity index is 887. The van der Waals surface area contributed by atoms with Gasteiger partial charge in [-0.2, -0.15) is 0 Å². The van der Waals surface area contributed by atoms with Gasteiger partial charge in [-0.1, -0.05) is 34.6 Å². The number of anilines is 1. The minimum absolute atomic E-state index is 0.0396. The first kappa shape index (κ1) is 20.4. The van der Waals surface area contributed by atoms with Gasteiger partial charge in [-0.15, -0.1) is 11.8 Å². The number of hydrogen-bond donors (Lipinski definition) is 1. The van der Waals surface area contributed by atoms with Gasteiger partial charge in [-0.05, 0) is 24.3 Å². The van der Waals surface area contributed by atoms with Gasteiger partial charge in [0, 0.05) is 28.9 Å². The van der Waals surface area contributed by atoms with E-state index in [2.05, 4.69) is 33.2 Å². The number of nitrogens with zero attached hydrogens (tertiary/aromatic N) is 2. The van der Waals surface area contributed by atoms with Gasteiger partial charge in [0.2, 0.25) is 5.91 Å². The Balaban J connectivity index is 1.74. The van der Waals surface area contributed by atoms with Crippen molar-refractivity contribution in [2.45, 2.75) is 35.2 Å². The van der Waals surface area contributed by atoms with Crippen molar-refractivity contribution in [3.63, 3.8) is 0 Å². The Morgan fingerprint density at radius 3 is 2.89 bits per heavy atom. The van der Waals surface area contributed by atoms with E-state index in [9.17, 15) is 9.59 Å². The molecule has 1 unspecified atom stereocenters. The molecule has 1 aromatic carbocycles. The number of methoxy groups -OCH3 is 1. The highest BCUT2D eigenvalue weighted by Crippen LogP contribution is 2.34. The number of thioether (sulfide) groups is 2. The molecule has 0 saturated carbocycles. The molecule has 2 aromatic rings. The number of halogens is 1. The molecule has 0 spiro atoms. The maximum atomic E-state index is 12.8. The first-order valence-electron chi connectivity index (χ1n) is 8.45. The summed E-state index contributed by atoms with van der Waals surface area (Å²) >= 11 is 6.21. The van der Waals surface area contributed by atoms with Gasteiger partial charge >= 0.3 is 0 Å². The molecule has 1 aliphatic heterocycles. The average Bonchev–Trinajstić information content (AvgIpc) is 3.02. The van der Waals surface area contributed by atoms with E-state index in [4.69, 9.17) is 4.74 Å². The van der Waals surface area contributed by atoms with Crippen molar-refractivity contribution in [1.29, 1.82) is 0 Å². The second-order valence-corrected chi connectivity index (χ2v) is 9.40. The topological polar surface area (TPSA) is 73.2 Å². The summed E-state index contributed by atoms with van der Waals surface area (Å²) < 4.78 is 7.69. The highest BCUT2D eigenvalue weighted by atomic mass is 79.9. The summed E-state index contributed by atoms with van der Waals surface area (Å²) in [4.78, 5) is 30.5. The van der Waals surface area contributed by atoms with E-state index in [0.29, 0.717) is 23.6 Å². The molecule has 0 saturated heterocycles. The van der Waals surface area contributed by atoms with Gasteiger partial charge in [0.05, 0.1) is 29.5 Å². The summed E-state index contributed by atoms with van der Waals surface area (Å²) in [5.41, 5.74) is 1.52. The van der Waals surface area contributed by atoms with E-state index < -0.39 is 0 Å². The summed E-state index contributed by atoms with van der Waals surface area (Å²) in [5, 5.41) is 3.76. The fraction of sp³-hybridized carbons (Fsp3) is 0.389. The van der Waals surface area contributed by atoms with E-state index in [1.807, 2.05) is 24.3 Å². The largest absolute Gasteiger partial charge is 0.383 e. The van der Waals surface area contributed by atoms with Crippen LogP contribution in [0.4, 0.5) is 5.69 Å². The van der Waals surface area contributed by atoms with Crippen LogP contribution in [0.1, 0.15) is 12.6 Å². The zero-order valence-corrected chi connectivity index (χ0v) is 18.2. The lowest BCUT2D eigenvalue weighted by Gasteiger charge is -2.13. The van der Waals surface area contributed by atoms with Crippen LogP contribution in [0.25, 0.3) is 0 Å². The SMILES string of the molecule is COCCn1c(SCC(=O)Nc2ccc(Br)cc2)nc2c(c1=O)SC(C)C2. The first-order valence-corrected chi connectivity index (χ1v) is 11.1. The highest BCUT2D eigenvalue weighted by Gasteiger charge is 2.26. The van der Waals surface area contributed by atoms with Crippen LogP contribution in [0, 0.1) is 0 Å². The Kier molecular flexibility index (Phi) is 7.02. The van der Waals surface area contributed by atoms with E-state index in [1.165, 1.54) is 11.8 Å². The van der Waals surface area contributed by atoms with Crippen molar-refractivity contribution < 1.29 is 9.53 Å². The normalized spacial score (nSPS) is 15.6. The number of nitrogens with one attached hydrogen (secondary N) is 1. The molecule has 3 rings (SSSR count). The molecule has 27 heavy (non-hydrogen) atoms. The summed E-state index contributed by atoms with van der Waals surface area (Å²) in [6.07, 6.45) is 0.777. The summed E-state index contributed by atoms with van der Waals surface area (Å²) in [6.45, 7) is 2.92. The van der Waals surface area contributed by atoms with Crippen LogP contribution in [-0.2, 0) is 22.5 Å². The number of fused-ring (bicyclic) bond motifs is 1. The molecule has 0 radical (unpaired) electrons. The lowest BCUT2D eigenvalue weighted by molar-refractivity contribution is -0.113. The van der Waals surface area contributed by atoms with Crippen molar-refractivity contribution in [3.05, 3.63) is 44.8 Å². The molecule has 144 valence electrons. The monoisotopic (exact) mass is 469 g/mol. The summed E-state index contributed by atoms with van der Waals surface area (Å²) in [6, 6.07) is 7.39. The summed E-state index contributed by atoms with van der Waals surface area (Å²) in [7, 11) is 1.60. The number of carbonyl (C=O) groups is 1. The van der Waals surface area contributed by atoms with Crippen LogP contribution in [0.5, 0.6) is 0 Å². The lowest BCUT2D eigenvalue weighted by atomic mass is 10.2. The molecular weight excluding hydrogens is 450 g/mol. The molecule has 1 aliphatic rings. The molecule has 2 heterocycles.